The van der Waals surface area contributed by atoms with Crippen molar-refractivity contribution < 1.29 is 14.6 Å². The minimum atomic E-state index is -0.960. The van der Waals surface area contributed by atoms with E-state index >= 15 is 0 Å². The molecule has 0 radical (unpaired) electrons. The Balaban J connectivity index is 1.72. The fraction of sp³-hybridized carbons (Fsp3) is 0.176. The van der Waals surface area contributed by atoms with Gasteiger partial charge in [0.2, 0.25) is 5.82 Å². The van der Waals surface area contributed by atoms with Crippen LogP contribution in [0.15, 0.2) is 54.6 Å². The fourth-order valence-corrected chi connectivity index (χ4v) is 2.26. The summed E-state index contributed by atoms with van der Waals surface area (Å²) in [7, 11) is 0. The van der Waals surface area contributed by atoms with E-state index in [1.807, 2.05) is 54.6 Å². The van der Waals surface area contributed by atoms with Gasteiger partial charge in [-0.25, -0.2) is 0 Å². The summed E-state index contributed by atoms with van der Waals surface area (Å²) in [5.74, 6) is 0.846. The smallest absolute Gasteiger partial charge is 0.304 e. The van der Waals surface area contributed by atoms with Crippen molar-refractivity contribution in [2.75, 3.05) is 0 Å². The first kappa shape index (κ1) is 16.6. The normalized spacial score (nSPS) is 11.9. The van der Waals surface area contributed by atoms with Crippen LogP contribution in [0.3, 0.4) is 0 Å². The summed E-state index contributed by atoms with van der Waals surface area (Å²) in [6.07, 6.45) is -0.155. The van der Waals surface area contributed by atoms with Crippen LogP contribution >= 0.6 is 0 Å². The van der Waals surface area contributed by atoms with E-state index in [1.165, 1.54) is 4.80 Å². The van der Waals surface area contributed by atoms with Crippen LogP contribution in [0, 0.1) is 0 Å². The van der Waals surface area contributed by atoms with Gasteiger partial charge in [-0.1, -0.05) is 30.3 Å². The molecule has 3 rings (SSSR count). The summed E-state index contributed by atoms with van der Waals surface area (Å²) in [5, 5.41) is 20.9. The van der Waals surface area contributed by atoms with Gasteiger partial charge in [0.1, 0.15) is 11.5 Å². The standard InChI is InChI=1S/C17H17N5O3/c18-13(10-16(23)24)11-22-20-17(19-21-22)12-5-4-8-15(9-12)25-14-6-2-1-3-7-14/h1-9,13H,10-11,18H2,(H,23,24)/t13-/m0/s1. The number of hydrogen-bond donors (Lipinski definition) is 2. The van der Waals surface area contributed by atoms with E-state index < -0.39 is 12.0 Å². The van der Waals surface area contributed by atoms with Crippen LogP contribution in [0.25, 0.3) is 11.4 Å². The lowest BCUT2D eigenvalue weighted by Crippen LogP contribution is -2.30. The van der Waals surface area contributed by atoms with Gasteiger partial charge in [-0.2, -0.15) is 4.80 Å². The molecular formula is C17H17N5O3. The highest BCUT2D eigenvalue weighted by Crippen LogP contribution is 2.25. The Morgan fingerprint density at radius 1 is 1.16 bits per heavy atom. The first-order valence-electron chi connectivity index (χ1n) is 7.68. The Bertz CT molecular complexity index is 850. The largest absolute Gasteiger partial charge is 0.481 e. The molecule has 8 nitrogen and oxygen atoms in total. The van der Waals surface area contributed by atoms with E-state index in [2.05, 4.69) is 15.4 Å². The maximum atomic E-state index is 10.7. The van der Waals surface area contributed by atoms with Gasteiger partial charge in [-0.05, 0) is 29.5 Å². The number of aromatic nitrogens is 4. The van der Waals surface area contributed by atoms with Crippen LogP contribution in [0.4, 0.5) is 0 Å². The molecule has 0 amide bonds. The van der Waals surface area contributed by atoms with Gasteiger partial charge >= 0.3 is 5.97 Å². The lowest BCUT2D eigenvalue weighted by atomic mass is 10.2. The van der Waals surface area contributed by atoms with E-state index in [4.69, 9.17) is 15.6 Å². The molecule has 1 aromatic heterocycles. The molecule has 25 heavy (non-hydrogen) atoms. The van der Waals surface area contributed by atoms with Gasteiger partial charge in [0.05, 0.1) is 13.0 Å². The van der Waals surface area contributed by atoms with Crippen LogP contribution in [0.5, 0.6) is 11.5 Å². The maximum Gasteiger partial charge on any atom is 0.304 e. The summed E-state index contributed by atoms with van der Waals surface area (Å²) < 4.78 is 5.79. The number of benzene rings is 2. The van der Waals surface area contributed by atoms with Crippen molar-refractivity contribution >= 4 is 5.97 Å². The van der Waals surface area contributed by atoms with Crippen molar-refractivity contribution in [2.45, 2.75) is 19.0 Å². The highest BCUT2D eigenvalue weighted by molar-refractivity contribution is 5.67. The number of rotatable bonds is 7. The number of carboxylic acids is 1. The highest BCUT2D eigenvalue weighted by Gasteiger charge is 2.12. The first-order valence-corrected chi connectivity index (χ1v) is 7.68. The molecule has 1 atom stereocenters. The lowest BCUT2D eigenvalue weighted by Gasteiger charge is -2.07. The zero-order valence-electron chi connectivity index (χ0n) is 13.3. The summed E-state index contributed by atoms with van der Waals surface area (Å²) in [4.78, 5) is 12.0. The Labute approximate surface area is 143 Å². The van der Waals surface area contributed by atoms with Gasteiger partial charge in [0.25, 0.3) is 0 Å². The quantitative estimate of drug-likeness (QED) is 0.675. The molecule has 0 bridgehead atoms. The van der Waals surface area contributed by atoms with Crippen molar-refractivity contribution in [3.05, 3.63) is 54.6 Å². The fourth-order valence-electron chi connectivity index (χ4n) is 2.26. The van der Waals surface area contributed by atoms with Crippen molar-refractivity contribution in [2.24, 2.45) is 5.73 Å². The lowest BCUT2D eigenvalue weighted by molar-refractivity contribution is -0.137. The first-order chi connectivity index (χ1) is 12.1. The number of carbonyl (C=O) groups is 1. The SMILES string of the molecule is N[C@@H](CC(=O)O)Cn1nnc(-c2cccc(Oc3ccccc3)c2)n1. The third-order valence-corrected chi connectivity index (χ3v) is 3.36. The van der Waals surface area contributed by atoms with E-state index in [0.717, 1.165) is 11.3 Å². The molecule has 3 N–H and O–H groups in total. The zero-order chi connectivity index (χ0) is 17.6. The van der Waals surface area contributed by atoms with Crippen molar-refractivity contribution in [3.63, 3.8) is 0 Å². The molecule has 3 aromatic rings. The van der Waals surface area contributed by atoms with Gasteiger partial charge in [0, 0.05) is 11.6 Å². The number of tetrazole rings is 1. The summed E-state index contributed by atoms with van der Waals surface area (Å²) >= 11 is 0. The van der Waals surface area contributed by atoms with Crippen LogP contribution < -0.4 is 10.5 Å². The second-order valence-corrected chi connectivity index (χ2v) is 5.47. The molecule has 0 fully saturated rings. The molecule has 0 saturated carbocycles. The molecular weight excluding hydrogens is 322 g/mol. The third kappa shape index (κ3) is 4.61. The molecule has 2 aromatic carbocycles. The van der Waals surface area contributed by atoms with Crippen LogP contribution in [0.1, 0.15) is 6.42 Å². The van der Waals surface area contributed by atoms with E-state index in [0.29, 0.717) is 11.6 Å². The van der Waals surface area contributed by atoms with Crippen LogP contribution in [-0.4, -0.2) is 37.3 Å². The Kier molecular flexibility index (Phi) is 5.00. The molecule has 0 aliphatic rings. The molecule has 0 spiro atoms. The van der Waals surface area contributed by atoms with Crippen LogP contribution in [0.2, 0.25) is 0 Å². The average molecular weight is 339 g/mol. The molecule has 0 saturated heterocycles. The number of carboxylic acid groups (broad SMARTS) is 1. The topological polar surface area (TPSA) is 116 Å². The molecule has 8 heteroatoms. The second-order valence-electron chi connectivity index (χ2n) is 5.47. The van der Waals surface area contributed by atoms with Gasteiger partial charge < -0.3 is 15.6 Å². The Morgan fingerprint density at radius 2 is 1.92 bits per heavy atom. The number of hydrogen-bond acceptors (Lipinski definition) is 6. The average Bonchev–Trinajstić information content (AvgIpc) is 3.03. The molecule has 0 aliphatic heterocycles. The number of nitrogens with two attached hydrogens (primary N) is 1. The minimum absolute atomic E-state index is 0.155. The highest BCUT2D eigenvalue weighted by atomic mass is 16.5. The predicted octanol–water partition coefficient (Wildman–Crippen LogP) is 1.93. The Morgan fingerprint density at radius 3 is 2.68 bits per heavy atom. The third-order valence-electron chi connectivity index (χ3n) is 3.36. The monoisotopic (exact) mass is 339 g/mol. The zero-order valence-corrected chi connectivity index (χ0v) is 13.3. The van der Waals surface area contributed by atoms with Crippen molar-refractivity contribution in [3.8, 4) is 22.9 Å². The molecule has 1 heterocycles. The molecule has 0 unspecified atom stereocenters. The summed E-state index contributed by atoms with van der Waals surface area (Å²) in [6, 6.07) is 16.2. The van der Waals surface area contributed by atoms with Crippen LogP contribution in [-0.2, 0) is 11.3 Å². The van der Waals surface area contributed by atoms with Gasteiger partial charge in [0.15, 0.2) is 0 Å². The summed E-state index contributed by atoms with van der Waals surface area (Å²) in [6.45, 7) is 0.180. The number of nitrogens with zero attached hydrogens (tertiary/aromatic N) is 4. The predicted molar refractivity (Wildman–Crippen MR) is 90.0 cm³/mol. The van der Waals surface area contributed by atoms with E-state index in [-0.39, 0.29) is 13.0 Å². The molecule has 128 valence electrons. The summed E-state index contributed by atoms with van der Waals surface area (Å²) in [5.41, 5.74) is 6.48. The maximum absolute atomic E-state index is 10.7. The number of para-hydroxylation sites is 1. The van der Waals surface area contributed by atoms with E-state index in [9.17, 15) is 4.79 Å². The minimum Gasteiger partial charge on any atom is -0.481 e. The number of aliphatic carboxylic acids is 1. The number of ether oxygens (including phenoxy) is 1. The van der Waals surface area contributed by atoms with Gasteiger partial charge in [-0.15, -0.1) is 10.2 Å². The van der Waals surface area contributed by atoms with Crippen molar-refractivity contribution in [1.82, 2.24) is 20.2 Å². The van der Waals surface area contributed by atoms with Gasteiger partial charge in [-0.3, -0.25) is 4.79 Å². The van der Waals surface area contributed by atoms with Crippen molar-refractivity contribution in [1.29, 1.82) is 0 Å². The second kappa shape index (κ2) is 7.54. The molecule has 0 aliphatic carbocycles. The van der Waals surface area contributed by atoms with E-state index in [1.54, 1.807) is 0 Å². The Hall–Kier alpha value is -3.26.